The highest BCUT2D eigenvalue weighted by Crippen LogP contribution is 2.30. The first-order valence-corrected chi connectivity index (χ1v) is 4.95. The quantitative estimate of drug-likeness (QED) is 0.722. The third-order valence-corrected chi connectivity index (χ3v) is 2.15. The zero-order valence-corrected chi connectivity index (χ0v) is 9.11. The maximum absolute atomic E-state index is 11.9. The second kappa shape index (κ2) is 5.25. The van der Waals surface area contributed by atoms with E-state index in [1.165, 1.54) is 12.1 Å². The summed E-state index contributed by atoms with van der Waals surface area (Å²) in [7, 11) is 0. The Bertz CT molecular complexity index is 374. The van der Waals surface area contributed by atoms with Gasteiger partial charge in [0.1, 0.15) is 5.75 Å². The van der Waals surface area contributed by atoms with E-state index in [0.717, 1.165) is 12.0 Å². The summed E-state index contributed by atoms with van der Waals surface area (Å²) in [6, 6.07) is 4.23. The van der Waals surface area contributed by atoms with Crippen LogP contribution >= 0.6 is 11.6 Å². The molecule has 0 aliphatic rings. The Morgan fingerprint density at radius 1 is 1.38 bits per heavy atom. The summed E-state index contributed by atoms with van der Waals surface area (Å²) in [4.78, 5) is 0. The van der Waals surface area contributed by atoms with E-state index in [4.69, 9.17) is 11.6 Å². The summed E-state index contributed by atoms with van der Waals surface area (Å²) in [5.41, 5.74) is 0.847. The number of hydrogen-bond donors (Lipinski definition) is 0. The van der Waals surface area contributed by atoms with E-state index < -0.39 is 6.36 Å². The molecule has 0 saturated carbocycles. The molecule has 0 atom stereocenters. The van der Waals surface area contributed by atoms with Gasteiger partial charge in [-0.15, -0.1) is 19.8 Å². The number of aryl methyl sites for hydroxylation is 1. The second-order valence-electron chi connectivity index (χ2n) is 3.14. The summed E-state index contributed by atoms with van der Waals surface area (Å²) in [5.74, 6) is -0.378. The van der Waals surface area contributed by atoms with Gasteiger partial charge in [0.2, 0.25) is 0 Å². The van der Waals surface area contributed by atoms with Gasteiger partial charge in [0.05, 0.1) is 5.02 Å². The average Bonchev–Trinajstić information content (AvgIpc) is 2.17. The predicted octanol–water partition coefficient (Wildman–Crippen LogP) is 4.36. The smallest absolute Gasteiger partial charge is 0.404 e. The fraction of sp³-hybridized carbons (Fsp3) is 0.273. The van der Waals surface area contributed by atoms with E-state index >= 15 is 0 Å². The molecular formula is C11H10ClF3O. The first-order chi connectivity index (χ1) is 7.42. The van der Waals surface area contributed by atoms with E-state index in [0.29, 0.717) is 6.42 Å². The summed E-state index contributed by atoms with van der Waals surface area (Å²) >= 11 is 5.66. The maximum Gasteiger partial charge on any atom is 0.573 e. The first kappa shape index (κ1) is 12.9. The van der Waals surface area contributed by atoms with Crippen molar-refractivity contribution in [2.24, 2.45) is 0 Å². The highest BCUT2D eigenvalue weighted by molar-refractivity contribution is 6.32. The van der Waals surface area contributed by atoms with E-state index in [1.54, 1.807) is 12.1 Å². The molecule has 0 unspecified atom stereocenters. The number of benzene rings is 1. The van der Waals surface area contributed by atoms with Crippen LogP contribution in [0.4, 0.5) is 13.2 Å². The molecule has 1 aromatic rings. The van der Waals surface area contributed by atoms with Crippen LogP contribution in [0.5, 0.6) is 5.75 Å². The third kappa shape index (κ3) is 4.14. The molecule has 0 heterocycles. The van der Waals surface area contributed by atoms with Crippen molar-refractivity contribution in [3.05, 3.63) is 41.4 Å². The molecule has 0 spiro atoms. The lowest BCUT2D eigenvalue weighted by Crippen LogP contribution is -2.17. The normalized spacial score (nSPS) is 11.2. The summed E-state index contributed by atoms with van der Waals surface area (Å²) < 4.78 is 39.5. The molecule has 0 aromatic heterocycles. The van der Waals surface area contributed by atoms with E-state index in [-0.39, 0.29) is 10.8 Å². The molecule has 0 N–H and O–H groups in total. The molecular weight excluding hydrogens is 241 g/mol. The lowest BCUT2D eigenvalue weighted by molar-refractivity contribution is -0.274. The van der Waals surface area contributed by atoms with Crippen LogP contribution in [0.25, 0.3) is 0 Å². The van der Waals surface area contributed by atoms with Gasteiger partial charge in [-0.2, -0.15) is 0 Å². The van der Waals surface area contributed by atoms with Gasteiger partial charge in [-0.25, -0.2) is 0 Å². The van der Waals surface area contributed by atoms with Crippen molar-refractivity contribution in [3.63, 3.8) is 0 Å². The summed E-state index contributed by atoms with van der Waals surface area (Å²) in [5, 5.41) is -0.0427. The van der Waals surface area contributed by atoms with Crippen molar-refractivity contribution < 1.29 is 17.9 Å². The summed E-state index contributed by atoms with van der Waals surface area (Å²) in [6.45, 7) is 3.56. The van der Waals surface area contributed by atoms with Crippen LogP contribution in [-0.4, -0.2) is 6.36 Å². The van der Waals surface area contributed by atoms with Gasteiger partial charge >= 0.3 is 6.36 Å². The monoisotopic (exact) mass is 250 g/mol. The number of rotatable bonds is 4. The van der Waals surface area contributed by atoms with Crippen LogP contribution in [0.1, 0.15) is 12.0 Å². The Morgan fingerprint density at radius 2 is 2.06 bits per heavy atom. The van der Waals surface area contributed by atoms with Gasteiger partial charge in [-0.05, 0) is 30.5 Å². The zero-order valence-electron chi connectivity index (χ0n) is 8.35. The third-order valence-electron chi connectivity index (χ3n) is 1.86. The SMILES string of the molecule is C=CCCc1ccc(OC(F)(F)F)c(Cl)c1. The molecule has 16 heavy (non-hydrogen) atoms. The fourth-order valence-corrected chi connectivity index (χ4v) is 1.42. The summed E-state index contributed by atoms with van der Waals surface area (Å²) in [6.07, 6.45) is -1.55. The molecule has 0 bridgehead atoms. The minimum atomic E-state index is -4.72. The predicted molar refractivity (Wildman–Crippen MR) is 56.7 cm³/mol. The van der Waals surface area contributed by atoms with Gasteiger partial charge < -0.3 is 4.74 Å². The number of allylic oxidation sites excluding steroid dienone is 1. The molecule has 0 radical (unpaired) electrons. The highest BCUT2D eigenvalue weighted by Gasteiger charge is 2.31. The molecule has 1 aromatic carbocycles. The van der Waals surface area contributed by atoms with Crippen molar-refractivity contribution in [1.82, 2.24) is 0 Å². The number of ether oxygens (including phenoxy) is 1. The minimum absolute atomic E-state index is 0.0427. The van der Waals surface area contributed by atoms with Crippen molar-refractivity contribution >= 4 is 11.6 Å². The Morgan fingerprint density at radius 3 is 2.56 bits per heavy atom. The Labute approximate surface area is 96.5 Å². The van der Waals surface area contributed by atoms with E-state index in [1.807, 2.05) is 0 Å². The van der Waals surface area contributed by atoms with Gasteiger partial charge in [0.15, 0.2) is 0 Å². The van der Waals surface area contributed by atoms with Gasteiger partial charge in [-0.1, -0.05) is 23.7 Å². The van der Waals surface area contributed by atoms with Crippen LogP contribution in [0.2, 0.25) is 5.02 Å². The van der Waals surface area contributed by atoms with E-state index in [2.05, 4.69) is 11.3 Å². The van der Waals surface area contributed by atoms with Crippen LogP contribution < -0.4 is 4.74 Å². The molecule has 1 rings (SSSR count). The van der Waals surface area contributed by atoms with Crippen molar-refractivity contribution in [1.29, 1.82) is 0 Å². The van der Waals surface area contributed by atoms with Crippen molar-refractivity contribution in [3.8, 4) is 5.75 Å². The Hall–Kier alpha value is -1.16. The minimum Gasteiger partial charge on any atom is -0.404 e. The molecule has 0 aliphatic heterocycles. The molecule has 0 saturated heterocycles. The average molecular weight is 251 g/mol. The molecule has 88 valence electrons. The molecule has 0 amide bonds. The molecule has 5 heteroatoms. The lowest BCUT2D eigenvalue weighted by atomic mass is 10.1. The topological polar surface area (TPSA) is 9.23 Å². The van der Waals surface area contributed by atoms with Crippen LogP contribution in [0.3, 0.4) is 0 Å². The second-order valence-corrected chi connectivity index (χ2v) is 3.55. The van der Waals surface area contributed by atoms with Crippen molar-refractivity contribution in [2.75, 3.05) is 0 Å². The first-order valence-electron chi connectivity index (χ1n) is 4.57. The maximum atomic E-state index is 11.9. The van der Waals surface area contributed by atoms with Crippen LogP contribution in [0, 0.1) is 0 Å². The molecule has 0 aliphatic carbocycles. The largest absolute Gasteiger partial charge is 0.573 e. The lowest BCUT2D eigenvalue weighted by Gasteiger charge is -2.11. The standard InChI is InChI=1S/C11H10ClF3O/c1-2-3-4-8-5-6-10(9(12)7-8)16-11(13,14)15/h2,5-7H,1,3-4H2. The number of hydrogen-bond acceptors (Lipinski definition) is 1. The van der Waals surface area contributed by atoms with Crippen LogP contribution in [-0.2, 0) is 6.42 Å². The van der Waals surface area contributed by atoms with E-state index in [9.17, 15) is 13.2 Å². The Kier molecular flexibility index (Phi) is 4.24. The highest BCUT2D eigenvalue weighted by atomic mass is 35.5. The number of halogens is 4. The van der Waals surface area contributed by atoms with Gasteiger partial charge in [0, 0.05) is 0 Å². The Balaban J connectivity index is 2.79. The molecule has 1 nitrogen and oxygen atoms in total. The van der Waals surface area contributed by atoms with Crippen molar-refractivity contribution in [2.45, 2.75) is 19.2 Å². The fourth-order valence-electron chi connectivity index (χ4n) is 1.18. The van der Waals surface area contributed by atoms with Crippen LogP contribution in [0.15, 0.2) is 30.9 Å². The zero-order chi connectivity index (χ0) is 12.2. The van der Waals surface area contributed by atoms with Gasteiger partial charge in [0.25, 0.3) is 0 Å². The molecule has 0 fully saturated rings. The van der Waals surface area contributed by atoms with Gasteiger partial charge in [-0.3, -0.25) is 0 Å². The number of alkyl halides is 3.